The van der Waals surface area contributed by atoms with Gasteiger partial charge in [0.1, 0.15) is 0 Å². The van der Waals surface area contributed by atoms with Crippen LogP contribution in [0.15, 0.2) is 12.3 Å². The zero-order valence-electron chi connectivity index (χ0n) is 13.3. The van der Waals surface area contributed by atoms with Crippen LogP contribution in [0.2, 0.25) is 0 Å². The summed E-state index contributed by atoms with van der Waals surface area (Å²) in [6, 6.07) is 2.31. The Morgan fingerprint density at radius 3 is 2.81 bits per heavy atom. The summed E-state index contributed by atoms with van der Waals surface area (Å²) in [5.41, 5.74) is 2.39. The number of rotatable bonds is 6. The Hall–Kier alpha value is -1.62. The molecule has 1 saturated heterocycles. The van der Waals surface area contributed by atoms with Gasteiger partial charge in [0.2, 0.25) is 0 Å². The largest absolute Gasteiger partial charge is 0.385 e. The lowest BCUT2D eigenvalue weighted by atomic mass is 10.2. The maximum atomic E-state index is 12.4. The van der Waals surface area contributed by atoms with Crippen LogP contribution in [-0.2, 0) is 0 Å². The molecule has 1 amide bonds. The molecular weight excluding hydrogens is 264 g/mol. The van der Waals surface area contributed by atoms with E-state index in [1.807, 2.05) is 19.9 Å². The molecule has 1 atom stereocenters. The van der Waals surface area contributed by atoms with Gasteiger partial charge in [-0.1, -0.05) is 0 Å². The first kappa shape index (κ1) is 15.8. The molecule has 2 rings (SSSR count). The molecule has 1 aromatic heterocycles. The number of likely N-dealkylation sites (tertiary alicyclic amines) is 1. The van der Waals surface area contributed by atoms with Gasteiger partial charge >= 0.3 is 0 Å². The van der Waals surface area contributed by atoms with Gasteiger partial charge < -0.3 is 10.6 Å². The minimum atomic E-state index is -0.0514. The minimum Gasteiger partial charge on any atom is -0.385 e. The number of anilines is 1. The third kappa shape index (κ3) is 4.17. The Balaban J connectivity index is 1.96. The van der Waals surface area contributed by atoms with Crippen molar-refractivity contribution in [3.63, 3.8) is 0 Å². The summed E-state index contributed by atoms with van der Waals surface area (Å²) >= 11 is 0. The summed E-state index contributed by atoms with van der Waals surface area (Å²) in [7, 11) is 0. The van der Waals surface area contributed by atoms with Crippen molar-refractivity contribution >= 4 is 11.6 Å². The highest BCUT2D eigenvalue weighted by Gasteiger charge is 2.19. The van der Waals surface area contributed by atoms with Gasteiger partial charge in [0.25, 0.3) is 5.91 Å². The molecule has 0 aliphatic carbocycles. The lowest BCUT2D eigenvalue weighted by Crippen LogP contribution is -2.40. The van der Waals surface area contributed by atoms with Crippen LogP contribution in [0.4, 0.5) is 5.69 Å². The molecule has 0 saturated carbocycles. The molecule has 5 heteroatoms. The highest BCUT2D eigenvalue weighted by molar-refractivity contribution is 5.99. The molecule has 116 valence electrons. The fraction of sp³-hybridized carbons (Fsp3) is 0.625. The molecule has 0 aromatic carbocycles. The number of hydrogen-bond acceptors (Lipinski definition) is 4. The Bertz CT molecular complexity index is 483. The average Bonchev–Trinajstić information content (AvgIpc) is 2.99. The summed E-state index contributed by atoms with van der Waals surface area (Å²) in [5, 5.41) is 6.26. The van der Waals surface area contributed by atoms with Crippen LogP contribution in [0, 0.1) is 6.92 Å². The molecule has 1 unspecified atom stereocenters. The van der Waals surface area contributed by atoms with Crippen LogP contribution in [-0.4, -0.2) is 48.0 Å². The monoisotopic (exact) mass is 290 g/mol. The third-order valence-corrected chi connectivity index (χ3v) is 3.97. The van der Waals surface area contributed by atoms with Crippen molar-refractivity contribution in [1.29, 1.82) is 0 Å². The summed E-state index contributed by atoms with van der Waals surface area (Å²) in [6.07, 6.45) is 4.19. The van der Waals surface area contributed by atoms with Crippen molar-refractivity contribution in [3.05, 3.63) is 23.5 Å². The molecule has 0 bridgehead atoms. The van der Waals surface area contributed by atoms with E-state index in [-0.39, 0.29) is 5.91 Å². The van der Waals surface area contributed by atoms with Gasteiger partial charge in [-0.25, -0.2) is 0 Å². The highest BCUT2D eigenvalue weighted by Crippen LogP contribution is 2.16. The Labute approximate surface area is 127 Å². The molecule has 0 radical (unpaired) electrons. The van der Waals surface area contributed by atoms with Crippen LogP contribution in [0.25, 0.3) is 0 Å². The molecule has 5 nitrogen and oxygen atoms in total. The average molecular weight is 290 g/mol. The van der Waals surface area contributed by atoms with E-state index < -0.39 is 0 Å². The van der Waals surface area contributed by atoms with Gasteiger partial charge in [-0.15, -0.1) is 0 Å². The highest BCUT2D eigenvalue weighted by atomic mass is 16.1. The molecule has 2 N–H and O–H groups in total. The fourth-order valence-corrected chi connectivity index (χ4v) is 2.72. The summed E-state index contributed by atoms with van der Waals surface area (Å²) < 4.78 is 0. The number of pyridine rings is 1. The fourth-order valence-electron chi connectivity index (χ4n) is 2.72. The van der Waals surface area contributed by atoms with Crippen LogP contribution >= 0.6 is 0 Å². The Morgan fingerprint density at radius 2 is 2.14 bits per heavy atom. The Kier molecular flexibility index (Phi) is 5.56. The maximum absolute atomic E-state index is 12.4. The quantitative estimate of drug-likeness (QED) is 0.842. The van der Waals surface area contributed by atoms with Gasteiger partial charge in [-0.2, -0.15) is 0 Å². The number of nitrogens with zero attached hydrogens (tertiary/aromatic N) is 2. The van der Waals surface area contributed by atoms with Crippen LogP contribution in [0.3, 0.4) is 0 Å². The molecule has 1 aliphatic rings. The second kappa shape index (κ2) is 7.41. The normalized spacial score (nSPS) is 16.7. The number of amides is 1. The number of aryl methyl sites for hydroxylation is 1. The number of carbonyl (C=O) groups is 1. The topological polar surface area (TPSA) is 57.3 Å². The third-order valence-electron chi connectivity index (χ3n) is 3.97. The van der Waals surface area contributed by atoms with Gasteiger partial charge in [0.15, 0.2) is 0 Å². The molecule has 1 fully saturated rings. The lowest BCUT2D eigenvalue weighted by molar-refractivity contribution is 0.0941. The Morgan fingerprint density at radius 1 is 1.43 bits per heavy atom. The van der Waals surface area contributed by atoms with E-state index in [4.69, 9.17) is 0 Å². The second-order valence-electron chi connectivity index (χ2n) is 5.70. The number of hydrogen-bond donors (Lipinski definition) is 2. The van der Waals surface area contributed by atoms with Crippen molar-refractivity contribution in [2.24, 2.45) is 0 Å². The maximum Gasteiger partial charge on any atom is 0.255 e. The minimum absolute atomic E-state index is 0.0514. The van der Waals surface area contributed by atoms with Gasteiger partial charge in [-0.3, -0.25) is 14.7 Å². The summed E-state index contributed by atoms with van der Waals surface area (Å²) in [6.45, 7) is 9.87. The molecule has 2 heterocycles. The van der Waals surface area contributed by atoms with Crippen LogP contribution in [0.1, 0.15) is 42.7 Å². The van der Waals surface area contributed by atoms with Gasteiger partial charge in [0.05, 0.1) is 11.3 Å². The van der Waals surface area contributed by atoms with E-state index in [1.54, 1.807) is 6.20 Å². The van der Waals surface area contributed by atoms with E-state index in [0.717, 1.165) is 31.0 Å². The second-order valence-corrected chi connectivity index (χ2v) is 5.70. The first-order valence-electron chi connectivity index (χ1n) is 7.84. The van der Waals surface area contributed by atoms with Gasteiger partial charge in [-0.05, 0) is 52.8 Å². The number of nitrogens with one attached hydrogen (secondary N) is 2. The smallest absolute Gasteiger partial charge is 0.255 e. The molecule has 21 heavy (non-hydrogen) atoms. The first-order chi connectivity index (χ1) is 10.1. The molecule has 0 spiro atoms. The number of carbonyl (C=O) groups excluding carboxylic acids is 1. The predicted molar refractivity (Wildman–Crippen MR) is 85.7 cm³/mol. The molecule has 1 aromatic rings. The predicted octanol–water partition coefficient (Wildman–Crippen LogP) is 2.04. The zero-order chi connectivity index (χ0) is 15.2. The van der Waals surface area contributed by atoms with E-state index in [9.17, 15) is 4.79 Å². The van der Waals surface area contributed by atoms with Crippen LogP contribution < -0.4 is 10.6 Å². The van der Waals surface area contributed by atoms with E-state index in [1.165, 1.54) is 12.8 Å². The lowest BCUT2D eigenvalue weighted by Gasteiger charge is -2.24. The molecule has 1 aliphatic heterocycles. The first-order valence-corrected chi connectivity index (χ1v) is 7.84. The SMILES string of the molecule is CCNc1cc(C)ncc1C(=O)NCC(C)N1CCCC1. The van der Waals surface area contributed by atoms with Gasteiger partial charge in [0, 0.05) is 31.0 Å². The van der Waals surface area contributed by atoms with E-state index in [0.29, 0.717) is 18.2 Å². The zero-order valence-corrected chi connectivity index (χ0v) is 13.3. The number of aromatic nitrogens is 1. The summed E-state index contributed by atoms with van der Waals surface area (Å²) in [4.78, 5) is 19.0. The van der Waals surface area contributed by atoms with E-state index in [2.05, 4.69) is 27.4 Å². The molecular formula is C16H26N4O. The van der Waals surface area contributed by atoms with Crippen molar-refractivity contribution in [1.82, 2.24) is 15.2 Å². The summed E-state index contributed by atoms with van der Waals surface area (Å²) in [5.74, 6) is -0.0514. The van der Waals surface area contributed by atoms with Crippen molar-refractivity contribution in [3.8, 4) is 0 Å². The van der Waals surface area contributed by atoms with Crippen LogP contribution in [0.5, 0.6) is 0 Å². The standard InChI is InChI=1S/C16H26N4O/c1-4-17-15-9-12(2)18-11-14(15)16(21)19-10-13(3)20-7-5-6-8-20/h9,11,13H,4-8,10H2,1-3H3,(H,17,18)(H,19,21). The van der Waals surface area contributed by atoms with E-state index >= 15 is 0 Å². The van der Waals surface area contributed by atoms with Crippen molar-refractivity contribution < 1.29 is 4.79 Å². The van der Waals surface area contributed by atoms with Crippen molar-refractivity contribution in [2.75, 3.05) is 31.5 Å². The van der Waals surface area contributed by atoms with Crippen molar-refractivity contribution in [2.45, 2.75) is 39.7 Å².